The van der Waals surface area contributed by atoms with Gasteiger partial charge in [-0.3, -0.25) is 0 Å². The monoisotopic (exact) mass is 162 g/mol. The maximum absolute atomic E-state index is 11.8. The minimum absolute atomic E-state index is 1.69. The second-order valence-electron chi connectivity index (χ2n) is 1.86. The molecule has 0 saturated carbocycles. The van der Waals surface area contributed by atoms with Crippen LogP contribution in [0.3, 0.4) is 0 Å². The van der Waals surface area contributed by atoms with Crippen LogP contribution in [0.1, 0.15) is 6.42 Å². The number of aliphatic hydroxyl groups excluding tert-OH is 1. The predicted octanol–water partition coefficient (Wildman–Crippen LogP) is 0.589. The van der Waals surface area contributed by atoms with Gasteiger partial charge in [0.1, 0.15) is 13.0 Å². The summed E-state index contributed by atoms with van der Waals surface area (Å²) < 4.78 is 46.3. The van der Waals surface area contributed by atoms with E-state index in [1.807, 2.05) is 0 Å². The van der Waals surface area contributed by atoms with Crippen molar-refractivity contribution in [2.45, 2.75) is 18.5 Å². The van der Waals surface area contributed by atoms with Gasteiger partial charge in [-0.25, -0.2) is 8.78 Å². The van der Waals surface area contributed by atoms with Crippen LogP contribution in [0.5, 0.6) is 0 Å². The smallest absolute Gasteiger partial charge is 0.359 e. The lowest BCUT2D eigenvalue weighted by molar-refractivity contribution is -0.244. The number of alkyl halides is 4. The molecule has 0 aliphatic rings. The lowest BCUT2D eigenvalue weighted by Crippen LogP contribution is -2.31. The van der Waals surface area contributed by atoms with Gasteiger partial charge in [-0.15, -0.1) is 0 Å². The third-order valence-electron chi connectivity index (χ3n) is 0.703. The molecule has 2 nitrogen and oxygen atoms in total. The molecule has 0 spiro atoms. The van der Waals surface area contributed by atoms with Gasteiger partial charge in [-0.05, 0) is 0 Å². The SMILES string of the molecule is OCC(F)(F)CC(O)(F)F. The van der Waals surface area contributed by atoms with Crippen molar-refractivity contribution in [3.8, 4) is 0 Å². The molecule has 0 saturated heterocycles. The van der Waals surface area contributed by atoms with Crippen molar-refractivity contribution in [1.82, 2.24) is 0 Å². The quantitative estimate of drug-likeness (QED) is 0.596. The largest absolute Gasteiger partial charge is 0.390 e. The molecule has 0 aromatic heterocycles. The molecule has 0 radical (unpaired) electrons. The molecule has 2 N–H and O–H groups in total. The fourth-order valence-corrected chi connectivity index (χ4v) is 0.367. The van der Waals surface area contributed by atoms with Crippen molar-refractivity contribution in [2.24, 2.45) is 0 Å². The van der Waals surface area contributed by atoms with Crippen molar-refractivity contribution < 1.29 is 27.8 Å². The zero-order valence-corrected chi connectivity index (χ0v) is 4.82. The first-order chi connectivity index (χ1) is 4.27. The van der Waals surface area contributed by atoms with Gasteiger partial charge in [0.05, 0.1) is 0 Å². The number of hydrogen-bond donors (Lipinski definition) is 2. The van der Waals surface area contributed by atoms with Gasteiger partial charge in [0.25, 0.3) is 5.92 Å². The van der Waals surface area contributed by atoms with Crippen LogP contribution in [0.2, 0.25) is 0 Å². The fourth-order valence-electron chi connectivity index (χ4n) is 0.367. The van der Waals surface area contributed by atoms with Crippen molar-refractivity contribution in [2.75, 3.05) is 6.61 Å². The Kier molecular flexibility index (Phi) is 2.61. The minimum atomic E-state index is -4.42. The summed E-state index contributed by atoms with van der Waals surface area (Å²) in [5, 5.41) is 15.3. The molecule has 0 aromatic rings. The molecule has 0 fully saturated rings. The molecule has 0 bridgehead atoms. The average molecular weight is 162 g/mol. The Bertz CT molecular complexity index is 108. The number of hydrogen-bond acceptors (Lipinski definition) is 2. The second-order valence-corrected chi connectivity index (χ2v) is 1.86. The lowest BCUT2D eigenvalue weighted by atomic mass is 10.2. The lowest BCUT2D eigenvalue weighted by Gasteiger charge is -2.15. The summed E-state index contributed by atoms with van der Waals surface area (Å²) >= 11 is 0. The zero-order chi connectivity index (χ0) is 8.41. The molecule has 0 rings (SSSR count). The maximum atomic E-state index is 11.8. The molecule has 0 aromatic carbocycles. The number of halogens is 4. The maximum Gasteiger partial charge on any atom is 0.359 e. The van der Waals surface area contributed by atoms with E-state index >= 15 is 0 Å². The van der Waals surface area contributed by atoms with Crippen LogP contribution in [-0.4, -0.2) is 28.9 Å². The average Bonchev–Trinajstić information content (AvgIpc) is 1.60. The molecule has 6 heteroatoms. The summed E-state index contributed by atoms with van der Waals surface area (Å²) in [6, 6.07) is 0. The van der Waals surface area contributed by atoms with Gasteiger partial charge < -0.3 is 10.2 Å². The highest BCUT2D eigenvalue weighted by Gasteiger charge is 2.41. The van der Waals surface area contributed by atoms with E-state index in [-0.39, 0.29) is 0 Å². The Morgan fingerprint density at radius 1 is 1.10 bits per heavy atom. The zero-order valence-electron chi connectivity index (χ0n) is 4.82. The van der Waals surface area contributed by atoms with E-state index in [0.717, 1.165) is 0 Å². The van der Waals surface area contributed by atoms with Crippen molar-refractivity contribution in [3.63, 3.8) is 0 Å². The summed E-state index contributed by atoms with van der Waals surface area (Å²) in [5.74, 6) is -3.92. The van der Waals surface area contributed by atoms with Crippen LogP contribution >= 0.6 is 0 Å². The molecule has 0 aliphatic carbocycles. The van der Waals surface area contributed by atoms with Crippen molar-refractivity contribution >= 4 is 0 Å². The molecular formula is C4H6F4O2. The summed E-state index contributed by atoms with van der Waals surface area (Å²) in [6.07, 6.45) is -6.47. The van der Waals surface area contributed by atoms with Crippen LogP contribution in [-0.2, 0) is 0 Å². The predicted molar refractivity (Wildman–Crippen MR) is 23.8 cm³/mol. The summed E-state index contributed by atoms with van der Waals surface area (Å²) in [4.78, 5) is 0. The van der Waals surface area contributed by atoms with E-state index in [1.54, 1.807) is 0 Å². The third kappa shape index (κ3) is 4.51. The minimum Gasteiger partial charge on any atom is -0.390 e. The first kappa shape index (κ1) is 9.64. The first-order valence-corrected chi connectivity index (χ1v) is 2.36. The summed E-state index contributed by atoms with van der Waals surface area (Å²) in [7, 11) is 0. The Balaban J connectivity index is 3.89. The van der Waals surface area contributed by atoms with Gasteiger partial charge in [-0.1, -0.05) is 0 Å². The van der Waals surface area contributed by atoms with E-state index < -0.39 is 25.1 Å². The standard InChI is InChI=1S/C4H6F4O2/c5-3(6,2-9)1-4(7,8)10/h9-10H,1-2H2. The summed E-state index contributed by atoms with van der Waals surface area (Å²) in [5.41, 5.74) is 0. The topological polar surface area (TPSA) is 40.5 Å². The van der Waals surface area contributed by atoms with E-state index in [9.17, 15) is 17.6 Å². The Morgan fingerprint density at radius 3 is 1.60 bits per heavy atom. The van der Waals surface area contributed by atoms with E-state index in [1.165, 1.54) is 0 Å². The van der Waals surface area contributed by atoms with Crippen molar-refractivity contribution in [1.29, 1.82) is 0 Å². The highest BCUT2D eigenvalue weighted by Crippen LogP contribution is 2.27. The third-order valence-corrected chi connectivity index (χ3v) is 0.703. The fraction of sp³-hybridized carbons (Fsp3) is 1.00. The molecule has 10 heavy (non-hydrogen) atoms. The van der Waals surface area contributed by atoms with Crippen LogP contribution in [0.25, 0.3) is 0 Å². The highest BCUT2D eigenvalue weighted by atomic mass is 19.3. The van der Waals surface area contributed by atoms with E-state index in [4.69, 9.17) is 10.2 Å². The van der Waals surface area contributed by atoms with Gasteiger partial charge in [-0.2, -0.15) is 8.78 Å². The summed E-state index contributed by atoms with van der Waals surface area (Å²) in [6.45, 7) is -1.69. The Hall–Kier alpha value is -0.360. The molecule has 62 valence electrons. The molecule has 0 atom stereocenters. The molecule has 0 unspecified atom stereocenters. The Labute approximate surface area is 54.1 Å². The van der Waals surface area contributed by atoms with Crippen LogP contribution < -0.4 is 0 Å². The van der Waals surface area contributed by atoms with Crippen LogP contribution in [0.15, 0.2) is 0 Å². The first-order valence-electron chi connectivity index (χ1n) is 2.36. The molecular weight excluding hydrogens is 156 g/mol. The van der Waals surface area contributed by atoms with Gasteiger partial charge >= 0.3 is 6.11 Å². The van der Waals surface area contributed by atoms with Crippen molar-refractivity contribution in [3.05, 3.63) is 0 Å². The van der Waals surface area contributed by atoms with E-state index in [2.05, 4.69) is 0 Å². The van der Waals surface area contributed by atoms with Gasteiger partial charge in [0, 0.05) is 0 Å². The van der Waals surface area contributed by atoms with E-state index in [0.29, 0.717) is 0 Å². The second kappa shape index (κ2) is 2.71. The number of aliphatic hydroxyl groups is 2. The number of rotatable bonds is 3. The van der Waals surface area contributed by atoms with Gasteiger partial charge in [0.15, 0.2) is 0 Å². The van der Waals surface area contributed by atoms with Crippen LogP contribution in [0.4, 0.5) is 17.6 Å². The molecule has 0 aliphatic heterocycles. The normalized spacial score (nSPS) is 13.8. The molecule has 0 heterocycles. The van der Waals surface area contributed by atoms with Gasteiger partial charge in [0.2, 0.25) is 0 Å². The molecule has 0 amide bonds. The van der Waals surface area contributed by atoms with Crippen LogP contribution in [0, 0.1) is 0 Å². The Morgan fingerprint density at radius 2 is 1.50 bits per heavy atom. The highest BCUT2D eigenvalue weighted by molar-refractivity contribution is 4.68.